The Morgan fingerprint density at radius 1 is 1.00 bits per heavy atom. The average molecular weight is 238 g/mol. The summed E-state index contributed by atoms with van der Waals surface area (Å²) in [5, 5.41) is 0. The molecule has 0 aromatic heterocycles. The zero-order chi connectivity index (χ0) is 12.3. The molecule has 0 aromatic rings. The number of hydrogen-bond donors (Lipinski definition) is 1. The Hall–Kier alpha value is -0.0800. The maximum atomic E-state index is 6.72. The van der Waals surface area contributed by atoms with E-state index in [0.717, 1.165) is 0 Å². The van der Waals surface area contributed by atoms with Gasteiger partial charge >= 0.3 is 0 Å². The number of hydrogen-bond acceptors (Lipinski definition) is 2. The van der Waals surface area contributed by atoms with E-state index in [9.17, 15) is 0 Å². The fourth-order valence-electron chi connectivity index (χ4n) is 4.25. The Kier molecular flexibility index (Phi) is 4.48. The smallest absolute Gasteiger partial charge is 0.0363 e. The molecule has 0 bridgehead atoms. The second kappa shape index (κ2) is 5.71. The van der Waals surface area contributed by atoms with E-state index in [1.165, 1.54) is 64.5 Å². The number of nitrogens with zero attached hydrogens (tertiary/aromatic N) is 1. The molecule has 0 radical (unpaired) electrons. The number of likely N-dealkylation sites (tertiary alicyclic amines) is 1. The van der Waals surface area contributed by atoms with E-state index in [0.29, 0.717) is 17.5 Å². The minimum absolute atomic E-state index is 0.368. The molecule has 1 heterocycles. The van der Waals surface area contributed by atoms with Crippen LogP contribution in [0.5, 0.6) is 0 Å². The van der Waals surface area contributed by atoms with Gasteiger partial charge in [0.2, 0.25) is 0 Å². The summed E-state index contributed by atoms with van der Waals surface area (Å²) >= 11 is 0. The van der Waals surface area contributed by atoms with Crippen molar-refractivity contribution in [3.63, 3.8) is 0 Å². The van der Waals surface area contributed by atoms with Crippen molar-refractivity contribution in [3.05, 3.63) is 0 Å². The minimum atomic E-state index is 0.368. The fourth-order valence-corrected chi connectivity index (χ4v) is 4.25. The highest BCUT2D eigenvalue weighted by molar-refractivity contribution is 5.05. The van der Waals surface area contributed by atoms with E-state index in [2.05, 4.69) is 18.7 Å². The van der Waals surface area contributed by atoms with E-state index in [1.54, 1.807) is 0 Å². The van der Waals surface area contributed by atoms with Crippen LogP contribution in [0.2, 0.25) is 0 Å². The highest BCUT2D eigenvalue weighted by Crippen LogP contribution is 2.42. The zero-order valence-electron chi connectivity index (χ0n) is 11.8. The Balaban J connectivity index is 2.14. The van der Waals surface area contributed by atoms with Crippen LogP contribution in [0.25, 0.3) is 0 Å². The lowest BCUT2D eigenvalue weighted by Gasteiger charge is -2.46. The van der Waals surface area contributed by atoms with Crippen LogP contribution in [0.3, 0.4) is 0 Å². The summed E-state index contributed by atoms with van der Waals surface area (Å²) in [4.78, 5) is 2.75. The fraction of sp³-hybridized carbons (Fsp3) is 1.00. The van der Waals surface area contributed by atoms with Gasteiger partial charge in [0.05, 0.1) is 0 Å². The maximum absolute atomic E-state index is 6.72. The van der Waals surface area contributed by atoms with Crippen molar-refractivity contribution in [2.45, 2.75) is 76.8 Å². The van der Waals surface area contributed by atoms with Crippen LogP contribution in [0.15, 0.2) is 0 Å². The van der Waals surface area contributed by atoms with Crippen LogP contribution in [-0.2, 0) is 0 Å². The molecule has 0 amide bonds. The third kappa shape index (κ3) is 2.39. The highest BCUT2D eigenvalue weighted by Gasteiger charge is 2.46. The molecule has 1 unspecified atom stereocenters. The predicted octanol–water partition coefficient (Wildman–Crippen LogP) is 3.16. The van der Waals surface area contributed by atoms with Crippen molar-refractivity contribution in [2.75, 3.05) is 13.1 Å². The van der Waals surface area contributed by atoms with Gasteiger partial charge in [0.15, 0.2) is 0 Å². The van der Waals surface area contributed by atoms with Crippen LogP contribution in [0.4, 0.5) is 0 Å². The van der Waals surface area contributed by atoms with Crippen molar-refractivity contribution in [1.82, 2.24) is 4.90 Å². The van der Waals surface area contributed by atoms with Gasteiger partial charge in [0.1, 0.15) is 0 Å². The second-order valence-corrected chi connectivity index (χ2v) is 6.11. The molecule has 2 heteroatoms. The van der Waals surface area contributed by atoms with E-state index in [-0.39, 0.29) is 0 Å². The molecule has 2 fully saturated rings. The van der Waals surface area contributed by atoms with Crippen molar-refractivity contribution < 1.29 is 0 Å². The predicted molar refractivity (Wildman–Crippen MR) is 74.1 cm³/mol. The molecule has 1 saturated heterocycles. The van der Waals surface area contributed by atoms with Crippen molar-refractivity contribution in [2.24, 2.45) is 11.7 Å². The molecular formula is C15H30N2. The molecule has 17 heavy (non-hydrogen) atoms. The molecule has 1 atom stereocenters. The summed E-state index contributed by atoms with van der Waals surface area (Å²) in [6, 6.07) is 0.401. The molecule has 2 rings (SSSR count). The van der Waals surface area contributed by atoms with Crippen molar-refractivity contribution in [1.29, 1.82) is 0 Å². The molecule has 100 valence electrons. The zero-order valence-corrected chi connectivity index (χ0v) is 11.8. The van der Waals surface area contributed by atoms with E-state index < -0.39 is 0 Å². The maximum Gasteiger partial charge on any atom is 0.0363 e. The second-order valence-electron chi connectivity index (χ2n) is 6.11. The minimum Gasteiger partial charge on any atom is -0.326 e. The van der Waals surface area contributed by atoms with Gasteiger partial charge in [-0.05, 0) is 44.7 Å². The lowest BCUT2D eigenvalue weighted by atomic mass is 9.77. The molecule has 2 aliphatic rings. The van der Waals surface area contributed by atoms with E-state index in [1.807, 2.05) is 0 Å². The van der Waals surface area contributed by atoms with Gasteiger partial charge in [-0.3, -0.25) is 4.90 Å². The van der Waals surface area contributed by atoms with Crippen LogP contribution in [0, 0.1) is 5.92 Å². The van der Waals surface area contributed by atoms with Crippen LogP contribution in [-0.4, -0.2) is 29.6 Å². The first-order valence-corrected chi connectivity index (χ1v) is 7.75. The van der Waals surface area contributed by atoms with Gasteiger partial charge in [-0.15, -0.1) is 0 Å². The van der Waals surface area contributed by atoms with Crippen molar-refractivity contribution in [3.8, 4) is 0 Å². The number of rotatable bonds is 5. The van der Waals surface area contributed by atoms with Gasteiger partial charge in [-0.1, -0.05) is 39.5 Å². The first-order chi connectivity index (χ1) is 8.24. The summed E-state index contributed by atoms with van der Waals surface area (Å²) in [7, 11) is 0. The molecule has 2 nitrogen and oxygen atoms in total. The summed E-state index contributed by atoms with van der Waals surface area (Å²) in [5.41, 5.74) is 7.09. The SMILES string of the molecule is CCC(CC)C(N)C1(N2CCCC2)CCCC1. The molecule has 0 spiro atoms. The summed E-state index contributed by atoms with van der Waals surface area (Å²) < 4.78 is 0. The summed E-state index contributed by atoms with van der Waals surface area (Å²) in [6.07, 6.45) is 10.7. The third-order valence-electron chi connectivity index (χ3n) is 5.38. The monoisotopic (exact) mass is 238 g/mol. The quantitative estimate of drug-likeness (QED) is 0.797. The Bertz CT molecular complexity index is 223. The summed E-state index contributed by atoms with van der Waals surface area (Å²) in [5.74, 6) is 0.716. The summed E-state index contributed by atoms with van der Waals surface area (Å²) in [6.45, 7) is 7.21. The molecule has 1 saturated carbocycles. The Morgan fingerprint density at radius 2 is 1.53 bits per heavy atom. The average Bonchev–Trinajstić information content (AvgIpc) is 3.02. The van der Waals surface area contributed by atoms with Crippen LogP contribution < -0.4 is 5.73 Å². The normalized spacial score (nSPS) is 26.8. The first kappa shape index (κ1) is 13.4. The van der Waals surface area contributed by atoms with E-state index in [4.69, 9.17) is 5.73 Å². The highest BCUT2D eigenvalue weighted by atomic mass is 15.2. The number of nitrogens with two attached hydrogens (primary N) is 1. The topological polar surface area (TPSA) is 29.3 Å². The van der Waals surface area contributed by atoms with Gasteiger partial charge in [-0.2, -0.15) is 0 Å². The lowest BCUT2D eigenvalue weighted by Crippen LogP contribution is -2.60. The molecule has 1 aliphatic carbocycles. The first-order valence-electron chi connectivity index (χ1n) is 7.75. The van der Waals surface area contributed by atoms with Crippen molar-refractivity contribution >= 4 is 0 Å². The van der Waals surface area contributed by atoms with Gasteiger partial charge < -0.3 is 5.73 Å². The molecule has 1 aliphatic heterocycles. The van der Waals surface area contributed by atoms with Gasteiger partial charge in [0.25, 0.3) is 0 Å². The van der Waals surface area contributed by atoms with Crippen LogP contribution in [0.1, 0.15) is 65.2 Å². The third-order valence-corrected chi connectivity index (χ3v) is 5.38. The van der Waals surface area contributed by atoms with Crippen LogP contribution >= 0.6 is 0 Å². The largest absolute Gasteiger partial charge is 0.326 e. The van der Waals surface area contributed by atoms with Gasteiger partial charge in [0, 0.05) is 11.6 Å². The Labute approximate surface area is 107 Å². The molecule has 2 N–H and O–H groups in total. The Morgan fingerprint density at radius 3 is 2.00 bits per heavy atom. The van der Waals surface area contributed by atoms with Gasteiger partial charge in [-0.25, -0.2) is 0 Å². The van der Waals surface area contributed by atoms with E-state index >= 15 is 0 Å². The molecular weight excluding hydrogens is 208 g/mol. The lowest BCUT2D eigenvalue weighted by molar-refractivity contribution is 0.0658. The molecule has 0 aromatic carbocycles. The standard InChI is InChI=1S/C15H30N2/c1-3-13(4-2)14(16)15(9-5-6-10-15)17-11-7-8-12-17/h13-14H,3-12,16H2,1-2H3.